The summed E-state index contributed by atoms with van der Waals surface area (Å²) in [5.74, 6) is 0. The van der Waals surface area contributed by atoms with Crippen molar-refractivity contribution in [3.8, 4) is 11.1 Å². The third-order valence-electron chi connectivity index (χ3n) is 6.68. The molecule has 0 saturated carbocycles. The van der Waals surface area contributed by atoms with Crippen molar-refractivity contribution >= 4 is 18.4 Å². The standard InChI is InChI=1S/C26H38Si/c1-17(2)27(18(3)4)23-19(13-11-15-21(23)25(5,6)7)20-14-12-16-22(24(20)27)26(8,9)10/h11-18H,1-10H3. The van der Waals surface area contributed by atoms with E-state index in [1.165, 1.54) is 11.1 Å². The second kappa shape index (κ2) is 6.34. The van der Waals surface area contributed by atoms with Crippen LogP contribution in [0, 0.1) is 0 Å². The Morgan fingerprint density at radius 1 is 0.593 bits per heavy atom. The predicted octanol–water partition coefficient (Wildman–Crippen LogP) is 6.65. The Morgan fingerprint density at radius 3 is 1.19 bits per heavy atom. The maximum atomic E-state index is 2.49. The summed E-state index contributed by atoms with van der Waals surface area (Å²) in [6, 6.07) is 14.2. The molecule has 0 unspecified atom stereocenters. The zero-order valence-corrected chi connectivity index (χ0v) is 20.1. The summed E-state index contributed by atoms with van der Waals surface area (Å²) >= 11 is 0. The number of fused-ring (bicyclic) bond motifs is 3. The number of benzene rings is 2. The molecule has 0 fully saturated rings. The van der Waals surface area contributed by atoms with Crippen LogP contribution < -0.4 is 10.4 Å². The fraction of sp³-hybridized carbons (Fsp3) is 0.538. The minimum Gasteiger partial charge on any atom is -0.0645 e. The van der Waals surface area contributed by atoms with Crippen molar-refractivity contribution < 1.29 is 0 Å². The Labute approximate surface area is 168 Å². The normalized spacial score (nSPS) is 16.0. The number of hydrogen-bond donors (Lipinski definition) is 0. The van der Waals surface area contributed by atoms with E-state index in [4.69, 9.17) is 0 Å². The summed E-state index contributed by atoms with van der Waals surface area (Å²) < 4.78 is 0. The van der Waals surface area contributed by atoms with Crippen molar-refractivity contribution in [2.45, 2.75) is 91.1 Å². The van der Waals surface area contributed by atoms with Gasteiger partial charge in [0.25, 0.3) is 0 Å². The van der Waals surface area contributed by atoms with E-state index in [0.717, 1.165) is 0 Å². The topological polar surface area (TPSA) is 0 Å². The highest BCUT2D eigenvalue weighted by Crippen LogP contribution is 2.45. The van der Waals surface area contributed by atoms with Crippen molar-refractivity contribution in [1.82, 2.24) is 0 Å². The molecule has 0 aliphatic carbocycles. The molecule has 1 heteroatoms. The van der Waals surface area contributed by atoms with Gasteiger partial charge in [0.1, 0.15) is 8.07 Å². The molecule has 0 atom stereocenters. The predicted molar refractivity (Wildman–Crippen MR) is 124 cm³/mol. The van der Waals surface area contributed by atoms with Gasteiger partial charge in [-0.3, -0.25) is 0 Å². The lowest BCUT2D eigenvalue weighted by Crippen LogP contribution is -2.63. The van der Waals surface area contributed by atoms with Crippen LogP contribution in [0.3, 0.4) is 0 Å². The largest absolute Gasteiger partial charge is 0.125 e. The van der Waals surface area contributed by atoms with Gasteiger partial charge >= 0.3 is 0 Å². The van der Waals surface area contributed by atoms with E-state index in [9.17, 15) is 0 Å². The minimum absolute atomic E-state index is 0.164. The summed E-state index contributed by atoms with van der Waals surface area (Å²) in [7, 11) is -1.94. The molecular weight excluding hydrogens is 340 g/mol. The SMILES string of the molecule is CC(C)[Si]1(C(C)C)c2c(cccc2C(C)(C)C)-c2cccc(C(C)(C)C)c21. The zero-order valence-electron chi connectivity index (χ0n) is 19.1. The molecule has 0 nitrogen and oxygen atoms in total. The van der Waals surface area contributed by atoms with Crippen LogP contribution in [0.2, 0.25) is 11.1 Å². The van der Waals surface area contributed by atoms with Crippen LogP contribution in [0.5, 0.6) is 0 Å². The molecule has 0 bridgehead atoms. The first-order chi connectivity index (χ1) is 12.3. The fourth-order valence-corrected chi connectivity index (χ4v) is 12.7. The molecule has 146 valence electrons. The summed E-state index contributed by atoms with van der Waals surface area (Å²) in [5.41, 5.74) is 7.87. The highest BCUT2D eigenvalue weighted by Gasteiger charge is 2.53. The number of hydrogen-bond acceptors (Lipinski definition) is 0. The molecule has 0 radical (unpaired) electrons. The highest BCUT2D eigenvalue weighted by molar-refractivity contribution is 7.07. The third kappa shape index (κ3) is 2.85. The third-order valence-corrected chi connectivity index (χ3v) is 13.1. The van der Waals surface area contributed by atoms with Gasteiger partial charge in [0, 0.05) is 0 Å². The van der Waals surface area contributed by atoms with Crippen molar-refractivity contribution in [2.24, 2.45) is 0 Å². The second-order valence-corrected chi connectivity index (χ2v) is 16.2. The summed E-state index contributed by atoms with van der Waals surface area (Å²) in [6.45, 7) is 24.3. The summed E-state index contributed by atoms with van der Waals surface area (Å²) in [6.07, 6.45) is 0. The molecule has 1 aliphatic rings. The van der Waals surface area contributed by atoms with Crippen LogP contribution >= 0.6 is 0 Å². The Bertz CT molecular complexity index is 783. The molecule has 2 aromatic carbocycles. The summed E-state index contributed by atoms with van der Waals surface area (Å²) in [4.78, 5) is 0. The Morgan fingerprint density at radius 2 is 0.926 bits per heavy atom. The molecule has 0 amide bonds. The molecule has 27 heavy (non-hydrogen) atoms. The molecule has 0 N–H and O–H groups in total. The molecule has 0 aromatic heterocycles. The van der Waals surface area contributed by atoms with Crippen LogP contribution in [0.15, 0.2) is 36.4 Å². The van der Waals surface area contributed by atoms with Crippen LogP contribution in [-0.2, 0) is 10.8 Å². The molecule has 2 aromatic rings. The monoisotopic (exact) mass is 378 g/mol. The Kier molecular flexibility index (Phi) is 4.79. The lowest BCUT2D eigenvalue weighted by atomic mass is 9.83. The zero-order chi connectivity index (χ0) is 20.4. The van der Waals surface area contributed by atoms with Crippen molar-refractivity contribution in [2.75, 3.05) is 0 Å². The van der Waals surface area contributed by atoms with E-state index < -0.39 is 8.07 Å². The van der Waals surface area contributed by atoms with Gasteiger partial charge in [-0.1, -0.05) is 106 Å². The van der Waals surface area contributed by atoms with Gasteiger partial charge in [0.2, 0.25) is 0 Å². The first-order valence-electron chi connectivity index (χ1n) is 10.6. The maximum absolute atomic E-state index is 2.49. The highest BCUT2D eigenvalue weighted by atomic mass is 28.3. The van der Waals surface area contributed by atoms with Gasteiger partial charge in [-0.05, 0) is 54.5 Å². The molecular formula is C26H38Si. The average molecular weight is 379 g/mol. The van der Waals surface area contributed by atoms with Gasteiger partial charge in [-0.2, -0.15) is 0 Å². The fourth-order valence-electron chi connectivity index (χ4n) is 5.64. The molecule has 3 rings (SSSR count). The molecule has 1 heterocycles. The smallest absolute Gasteiger partial charge is 0.0645 e. The van der Waals surface area contributed by atoms with E-state index in [1.807, 2.05) is 0 Å². The van der Waals surface area contributed by atoms with Crippen molar-refractivity contribution in [1.29, 1.82) is 0 Å². The quantitative estimate of drug-likeness (QED) is 0.513. The van der Waals surface area contributed by atoms with Gasteiger partial charge < -0.3 is 0 Å². The van der Waals surface area contributed by atoms with Gasteiger partial charge in [0.05, 0.1) is 0 Å². The van der Waals surface area contributed by atoms with E-state index in [1.54, 1.807) is 21.5 Å². The first-order valence-corrected chi connectivity index (χ1v) is 12.8. The lowest BCUT2D eigenvalue weighted by Gasteiger charge is -2.43. The van der Waals surface area contributed by atoms with Gasteiger partial charge in [-0.15, -0.1) is 0 Å². The molecule has 0 saturated heterocycles. The Hall–Kier alpha value is -1.34. The lowest BCUT2D eigenvalue weighted by molar-refractivity contribution is 0.592. The van der Waals surface area contributed by atoms with E-state index in [0.29, 0.717) is 11.1 Å². The van der Waals surface area contributed by atoms with Crippen molar-refractivity contribution in [3.05, 3.63) is 47.5 Å². The van der Waals surface area contributed by atoms with E-state index in [-0.39, 0.29) is 10.8 Å². The van der Waals surface area contributed by atoms with E-state index in [2.05, 4.69) is 106 Å². The summed E-state index contributed by atoms with van der Waals surface area (Å²) in [5, 5.41) is 3.46. The van der Waals surface area contributed by atoms with Crippen LogP contribution in [0.4, 0.5) is 0 Å². The van der Waals surface area contributed by atoms with Crippen LogP contribution in [0.1, 0.15) is 80.4 Å². The van der Waals surface area contributed by atoms with Crippen molar-refractivity contribution in [3.63, 3.8) is 0 Å². The first kappa shape index (κ1) is 20.4. The van der Waals surface area contributed by atoms with Gasteiger partial charge in [-0.25, -0.2) is 0 Å². The average Bonchev–Trinajstić information content (AvgIpc) is 2.84. The second-order valence-electron chi connectivity index (χ2n) is 11.1. The van der Waals surface area contributed by atoms with Gasteiger partial charge in [0.15, 0.2) is 0 Å². The maximum Gasteiger partial charge on any atom is 0.125 e. The Balaban J connectivity index is 2.57. The van der Waals surface area contributed by atoms with E-state index >= 15 is 0 Å². The minimum atomic E-state index is -1.94. The molecule has 0 spiro atoms. The number of rotatable bonds is 2. The van der Waals surface area contributed by atoms with Crippen LogP contribution in [0.25, 0.3) is 11.1 Å². The molecule has 1 aliphatic heterocycles. The van der Waals surface area contributed by atoms with Crippen LogP contribution in [-0.4, -0.2) is 8.07 Å².